The molecule has 2 aliphatic rings. The smallest absolute Gasteiger partial charge is 0.408 e. The second-order valence-electron chi connectivity index (χ2n) is 9.58. The van der Waals surface area contributed by atoms with Crippen LogP contribution in [0.2, 0.25) is 0 Å². The zero-order valence-electron chi connectivity index (χ0n) is 20.1. The van der Waals surface area contributed by atoms with E-state index in [1.807, 2.05) is 36.4 Å². The molecule has 4 rings (SSSR count). The second-order valence-corrected chi connectivity index (χ2v) is 9.58. The molecule has 1 atom stereocenters. The van der Waals surface area contributed by atoms with Gasteiger partial charge in [0.2, 0.25) is 5.91 Å². The maximum absolute atomic E-state index is 13.1. The molecule has 0 saturated heterocycles. The van der Waals surface area contributed by atoms with Crippen molar-refractivity contribution in [2.45, 2.75) is 50.1 Å². The quantitative estimate of drug-likeness (QED) is 0.531. The van der Waals surface area contributed by atoms with Crippen molar-refractivity contribution < 1.29 is 29.0 Å². The van der Waals surface area contributed by atoms with Crippen molar-refractivity contribution in [3.8, 4) is 11.1 Å². The lowest BCUT2D eigenvalue weighted by atomic mass is 9.85. The van der Waals surface area contributed by atoms with Crippen molar-refractivity contribution in [1.29, 1.82) is 0 Å². The van der Waals surface area contributed by atoms with Crippen molar-refractivity contribution in [2.24, 2.45) is 5.92 Å². The van der Waals surface area contributed by atoms with Gasteiger partial charge < -0.3 is 25.2 Å². The molecular formula is C27H32N2O6. The summed E-state index contributed by atoms with van der Waals surface area (Å²) in [6.07, 6.45) is 1.49. The van der Waals surface area contributed by atoms with Crippen LogP contribution < -0.4 is 10.6 Å². The van der Waals surface area contributed by atoms with Crippen molar-refractivity contribution in [2.75, 3.05) is 20.3 Å². The molecule has 0 spiro atoms. The van der Waals surface area contributed by atoms with Crippen LogP contribution in [-0.4, -0.2) is 55.0 Å². The van der Waals surface area contributed by atoms with Gasteiger partial charge in [0, 0.05) is 19.1 Å². The van der Waals surface area contributed by atoms with E-state index in [2.05, 4.69) is 22.8 Å². The van der Waals surface area contributed by atoms with E-state index in [0.717, 1.165) is 22.3 Å². The number of nitrogens with one attached hydrogen (secondary N) is 2. The van der Waals surface area contributed by atoms with Gasteiger partial charge in [-0.1, -0.05) is 48.5 Å². The number of carboxylic acid groups (broad SMARTS) is 1. The van der Waals surface area contributed by atoms with Crippen LogP contribution in [0.4, 0.5) is 4.79 Å². The molecule has 35 heavy (non-hydrogen) atoms. The topological polar surface area (TPSA) is 114 Å². The number of hydrogen-bond donors (Lipinski definition) is 3. The summed E-state index contributed by atoms with van der Waals surface area (Å²) in [5.74, 6) is -1.63. The van der Waals surface area contributed by atoms with Gasteiger partial charge in [-0.05, 0) is 54.9 Å². The molecule has 0 radical (unpaired) electrons. The minimum absolute atomic E-state index is 0.0342. The molecule has 0 bridgehead atoms. The molecule has 2 aliphatic carbocycles. The van der Waals surface area contributed by atoms with Gasteiger partial charge in [-0.15, -0.1) is 0 Å². The fourth-order valence-corrected chi connectivity index (χ4v) is 5.14. The van der Waals surface area contributed by atoms with Crippen LogP contribution in [0.15, 0.2) is 48.5 Å². The Balaban J connectivity index is 1.37. The maximum atomic E-state index is 13.1. The highest BCUT2D eigenvalue weighted by Crippen LogP contribution is 2.44. The van der Waals surface area contributed by atoms with Gasteiger partial charge in [0.1, 0.15) is 12.1 Å². The SMILES string of the molecule is COCC(C)(NC(=O)OCC1c2ccccc2-c2ccccc21)C(=O)NC1CCC(C(=O)O)CC1. The van der Waals surface area contributed by atoms with Gasteiger partial charge in [0.15, 0.2) is 0 Å². The van der Waals surface area contributed by atoms with Gasteiger partial charge >= 0.3 is 12.1 Å². The van der Waals surface area contributed by atoms with Gasteiger partial charge in [0.25, 0.3) is 0 Å². The molecule has 1 saturated carbocycles. The maximum Gasteiger partial charge on any atom is 0.408 e. The number of benzene rings is 2. The first-order valence-corrected chi connectivity index (χ1v) is 12.0. The summed E-state index contributed by atoms with van der Waals surface area (Å²) in [5, 5.41) is 14.8. The molecule has 1 fully saturated rings. The summed E-state index contributed by atoms with van der Waals surface area (Å²) in [5.41, 5.74) is 3.16. The standard InChI is InChI=1S/C27H32N2O6/c1-27(16-34-2,25(32)28-18-13-11-17(12-14-18)24(30)31)29-26(33)35-15-23-21-9-5-3-7-19(21)20-8-4-6-10-22(20)23/h3-10,17-18,23H,11-16H2,1-2H3,(H,28,32)(H,29,33)(H,30,31). The second kappa shape index (κ2) is 10.5. The van der Waals surface area contributed by atoms with E-state index in [1.54, 1.807) is 6.92 Å². The first-order chi connectivity index (χ1) is 16.8. The number of carbonyl (C=O) groups is 3. The van der Waals surface area contributed by atoms with E-state index in [-0.39, 0.29) is 37.0 Å². The van der Waals surface area contributed by atoms with Crippen LogP contribution in [-0.2, 0) is 19.1 Å². The van der Waals surface area contributed by atoms with Crippen LogP contribution in [0, 0.1) is 5.92 Å². The molecule has 0 aromatic heterocycles. The predicted octanol–water partition coefficient (Wildman–Crippen LogP) is 3.69. The molecule has 8 nitrogen and oxygen atoms in total. The number of aliphatic carboxylic acids is 1. The third-order valence-corrected chi connectivity index (χ3v) is 7.07. The lowest BCUT2D eigenvalue weighted by Crippen LogP contribution is -2.61. The number of ether oxygens (including phenoxy) is 2. The number of carbonyl (C=O) groups excluding carboxylic acids is 2. The summed E-state index contributed by atoms with van der Waals surface area (Å²) in [6, 6.07) is 16.0. The van der Waals surface area contributed by atoms with E-state index >= 15 is 0 Å². The Kier molecular flexibility index (Phi) is 7.40. The van der Waals surface area contributed by atoms with Crippen LogP contribution >= 0.6 is 0 Å². The average Bonchev–Trinajstić information content (AvgIpc) is 3.17. The van der Waals surface area contributed by atoms with Crippen molar-refractivity contribution in [1.82, 2.24) is 10.6 Å². The average molecular weight is 481 g/mol. The predicted molar refractivity (Wildman–Crippen MR) is 130 cm³/mol. The minimum Gasteiger partial charge on any atom is -0.481 e. The highest BCUT2D eigenvalue weighted by atomic mass is 16.5. The van der Waals surface area contributed by atoms with Gasteiger partial charge in [-0.3, -0.25) is 9.59 Å². The number of hydrogen-bond acceptors (Lipinski definition) is 5. The fourth-order valence-electron chi connectivity index (χ4n) is 5.14. The van der Waals surface area contributed by atoms with Crippen LogP contribution in [0.1, 0.15) is 49.7 Å². The summed E-state index contributed by atoms with van der Waals surface area (Å²) < 4.78 is 10.8. The van der Waals surface area contributed by atoms with Gasteiger partial charge in [-0.25, -0.2) is 4.79 Å². The van der Waals surface area contributed by atoms with Crippen LogP contribution in [0.3, 0.4) is 0 Å². The van der Waals surface area contributed by atoms with E-state index in [0.29, 0.717) is 25.7 Å². The number of carboxylic acids is 1. The Hall–Kier alpha value is -3.39. The Morgan fingerprint density at radius 1 is 0.971 bits per heavy atom. The molecule has 3 N–H and O–H groups in total. The Bertz CT molecular complexity index is 1050. The number of rotatable bonds is 8. The van der Waals surface area contributed by atoms with Crippen LogP contribution in [0.25, 0.3) is 11.1 Å². The van der Waals surface area contributed by atoms with E-state index in [9.17, 15) is 19.5 Å². The van der Waals surface area contributed by atoms with Crippen molar-refractivity contribution >= 4 is 18.0 Å². The lowest BCUT2D eigenvalue weighted by molar-refractivity contribution is -0.142. The van der Waals surface area contributed by atoms with Crippen molar-refractivity contribution in [3.05, 3.63) is 59.7 Å². The summed E-state index contributed by atoms with van der Waals surface area (Å²) in [7, 11) is 1.46. The minimum atomic E-state index is -1.33. The van der Waals surface area contributed by atoms with Crippen LogP contribution in [0.5, 0.6) is 0 Å². The first-order valence-electron chi connectivity index (χ1n) is 12.0. The molecule has 2 amide bonds. The lowest BCUT2D eigenvalue weighted by Gasteiger charge is -2.33. The Morgan fingerprint density at radius 2 is 1.54 bits per heavy atom. The largest absolute Gasteiger partial charge is 0.481 e. The first kappa shape index (κ1) is 24.7. The zero-order valence-corrected chi connectivity index (χ0v) is 20.1. The third-order valence-electron chi connectivity index (χ3n) is 7.07. The van der Waals surface area contributed by atoms with Gasteiger partial charge in [-0.2, -0.15) is 0 Å². The Labute approximate surface area is 205 Å². The molecule has 2 aromatic rings. The molecular weight excluding hydrogens is 448 g/mol. The summed E-state index contributed by atoms with van der Waals surface area (Å²) >= 11 is 0. The van der Waals surface area contributed by atoms with Gasteiger partial charge in [0.05, 0.1) is 12.5 Å². The van der Waals surface area contributed by atoms with E-state index in [4.69, 9.17) is 9.47 Å². The molecule has 0 aliphatic heterocycles. The highest BCUT2D eigenvalue weighted by Gasteiger charge is 2.38. The van der Waals surface area contributed by atoms with E-state index in [1.165, 1.54) is 7.11 Å². The zero-order chi connectivity index (χ0) is 25.0. The highest BCUT2D eigenvalue weighted by molar-refractivity contribution is 5.90. The number of methoxy groups -OCH3 is 1. The van der Waals surface area contributed by atoms with E-state index < -0.39 is 17.6 Å². The monoisotopic (exact) mass is 480 g/mol. The number of amides is 2. The number of fused-ring (bicyclic) bond motifs is 3. The third kappa shape index (κ3) is 5.32. The molecule has 1 unspecified atom stereocenters. The number of alkyl carbamates (subject to hydrolysis) is 1. The molecule has 2 aromatic carbocycles. The Morgan fingerprint density at radius 3 is 2.09 bits per heavy atom. The summed E-state index contributed by atoms with van der Waals surface area (Å²) in [6.45, 7) is 1.70. The summed E-state index contributed by atoms with van der Waals surface area (Å²) in [4.78, 5) is 37.1. The molecule has 186 valence electrons. The molecule has 8 heteroatoms. The normalized spacial score (nSPS) is 20.7. The molecule has 0 heterocycles. The van der Waals surface area contributed by atoms with Crippen molar-refractivity contribution in [3.63, 3.8) is 0 Å². The fraction of sp³-hybridized carbons (Fsp3) is 0.444.